The molecule has 0 radical (unpaired) electrons. The lowest BCUT2D eigenvalue weighted by Gasteiger charge is -2.19. The number of carbonyl (C=O) groups excluding carboxylic acids is 2. The lowest BCUT2D eigenvalue weighted by molar-refractivity contribution is -0.170. The van der Waals surface area contributed by atoms with E-state index in [1.165, 1.54) is 0 Å². The number of ether oxygens (including phenoxy) is 1. The summed E-state index contributed by atoms with van der Waals surface area (Å²) < 4.78 is 4.01. The standard InChI is InChI=1S/C8H8O8/c9-1-2-16-6(12)4-8(15,7(13)14)3-5(10)11/h2,15H,3-4H2,(H,10,11)(H,13,14). The van der Waals surface area contributed by atoms with Gasteiger partial charge in [-0.05, 0) is 0 Å². The number of esters is 1. The van der Waals surface area contributed by atoms with Crippen LogP contribution in [0, 0.1) is 0 Å². The van der Waals surface area contributed by atoms with Gasteiger partial charge < -0.3 is 20.1 Å². The summed E-state index contributed by atoms with van der Waals surface area (Å²) in [6.45, 7) is 0. The highest BCUT2D eigenvalue weighted by molar-refractivity contribution is 5.88. The minimum Gasteiger partial charge on any atom is -0.481 e. The molecule has 0 aromatic heterocycles. The van der Waals surface area contributed by atoms with Gasteiger partial charge in [0.15, 0.2) is 17.8 Å². The first-order valence-corrected chi connectivity index (χ1v) is 3.88. The monoisotopic (exact) mass is 232 g/mol. The molecule has 0 spiro atoms. The molecule has 0 saturated heterocycles. The second-order valence-electron chi connectivity index (χ2n) is 2.81. The van der Waals surface area contributed by atoms with Crippen LogP contribution in [0.15, 0.2) is 6.26 Å². The molecule has 16 heavy (non-hydrogen) atoms. The predicted molar refractivity (Wildman–Crippen MR) is 45.8 cm³/mol. The van der Waals surface area contributed by atoms with Crippen molar-refractivity contribution in [3.05, 3.63) is 6.26 Å². The number of aliphatic hydroxyl groups is 1. The largest absolute Gasteiger partial charge is 0.481 e. The zero-order valence-electron chi connectivity index (χ0n) is 7.87. The fourth-order valence-electron chi connectivity index (χ4n) is 0.834. The lowest BCUT2D eigenvalue weighted by atomic mass is 9.96. The zero-order chi connectivity index (χ0) is 12.8. The molecule has 0 aliphatic rings. The van der Waals surface area contributed by atoms with Crippen molar-refractivity contribution in [1.82, 2.24) is 0 Å². The van der Waals surface area contributed by atoms with Gasteiger partial charge in [-0.2, -0.15) is 0 Å². The summed E-state index contributed by atoms with van der Waals surface area (Å²) in [5, 5.41) is 26.2. The van der Waals surface area contributed by atoms with E-state index in [4.69, 9.17) is 10.2 Å². The molecule has 0 heterocycles. The van der Waals surface area contributed by atoms with E-state index in [1.54, 1.807) is 0 Å². The highest BCUT2D eigenvalue weighted by Gasteiger charge is 2.41. The number of rotatable bonds is 6. The van der Waals surface area contributed by atoms with Crippen LogP contribution in [-0.2, 0) is 23.9 Å². The number of hydrogen-bond acceptors (Lipinski definition) is 6. The molecule has 0 aliphatic heterocycles. The fourth-order valence-corrected chi connectivity index (χ4v) is 0.834. The molecule has 1 atom stereocenters. The van der Waals surface area contributed by atoms with E-state index < -0.39 is 36.4 Å². The van der Waals surface area contributed by atoms with Gasteiger partial charge in [0.1, 0.15) is 0 Å². The molecule has 0 amide bonds. The van der Waals surface area contributed by atoms with Gasteiger partial charge in [-0.15, -0.1) is 0 Å². The second-order valence-corrected chi connectivity index (χ2v) is 2.81. The summed E-state index contributed by atoms with van der Waals surface area (Å²) in [6.07, 6.45) is -1.93. The summed E-state index contributed by atoms with van der Waals surface area (Å²) >= 11 is 0. The van der Waals surface area contributed by atoms with Crippen LogP contribution in [0.4, 0.5) is 0 Å². The van der Waals surface area contributed by atoms with Crippen molar-refractivity contribution in [2.45, 2.75) is 18.4 Å². The van der Waals surface area contributed by atoms with Crippen molar-refractivity contribution >= 4 is 23.8 Å². The fraction of sp³-hybridized carbons (Fsp3) is 0.375. The molecule has 0 saturated carbocycles. The summed E-state index contributed by atoms with van der Waals surface area (Å²) in [5.74, 6) is -3.63. The molecule has 1 unspecified atom stereocenters. The molecule has 0 rings (SSSR count). The first kappa shape index (κ1) is 13.8. The van der Waals surface area contributed by atoms with Crippen molar-refractivity contribution < 1.29 is 39.2 Å². The topological polar surface area (TPSA) is 138 Å². The summed E-state index contributed by atoms with van der Waals surface area (Å²) in [7, 11) is 0. The minimum absolute atomic E-state index is 0.325. The van der Waals surface area contributed by atoms with Crippen LogP contribution in [0.5, 0.6) is 0 Å². The van der Waals surface area contributed by atoms with E-state index >= 15 is 0 Å². The van der Waals surface area contributed by atoms with Crippen LogP contribution in [-0.4, -0.2) is 44.8 Å². The van der Waals surface area contributed by atoms with Gasteiger partial charge in [-0.1, -0.05) is 0 Å². The van der Waals surface area contributed by atoms with Crippen LogP contribution in [0.1, 0.15) is 12.8 Å². The molecule has 8 nitrogen and oxygen atoms in total. The van der Waals surface area contributed by atoms with Crippen molar-refractivity contribution in [3.63, 3.8) is 0 Å². The average Bonchev–Trinajstić information content (AvgIpc) is 2.12. The molecular formula is C8H8O8. The van der Waals surface area contributed by atoms with E-state index in [9.17, 15) is 24.3 Å². The molecular weight excluding hydrogens is 224 g/mol. The van der Waals surface area contributed by atoms with Crippen molar-refractivity contribution in [1.29, 1.82) is 0 Å². The van der Waals surface area contributed by atoms with E-state index in [1.807, 2.05) is 0 Å². The second kappa shape index (κ2) is 5.64. The molecule has 0 bridgehead atoms. The first-order chi connectivity index (χ1) is 7.31. The van der Waals surface area contributed by atoms with Crippen LogP contribution < -0.4 is 0 Å². The number of carboxylic acids is 2. The third-order valence-corrected chi connectivity index (χ3v) is 1.52. The Kier molecular flexibility index (Phi) is 4.87. The van der Waals surface area contributed by atoms with E-state index in [2.05, 4.69) is 4.74 Å². The normalized spacial score (nSPS) is 13.1. The van der Waals surface area contributed by atoms with Gasteiger partial charge in [0.05, 0.1) is 12.8 Å². The minimum atomic E-state index is -2.76. The van der Waals surface area contributed by atoms with Gasteiger partial charge >= 0.3 is 17.9 Å². The molecule has 8 heteroatoms. The number of aliphatic carboxylic acids is 2. The first-order valence-electron chi connectivity index (χ1n) is 3.88. The third-order valence-electron chi connectivity index (χ3n) is 1.52. The van der Waals surface area contributed by atoms with Gasteiger partial charge in [0.2, 0.25) is 0 Å². The van der Waals surface area contributed by atoms with Crippen molar-refractivity contribution in [2.24, 2.45) is 0 Å². The highest BCUT2D eigenvalue weighted by Crippen LogP contribution is 2.16. The van der Waals surface area contributed by atoms with Crippen LogP contribution in [0.2, 0.25) is 0 Å². The number of carboxylic acid groups (broad SMARTS) is 2. The van der Waals surface area contributed by atoms with Crippen LogP contribution >= 0.6 is 0 Å². The molecule has 0 aromatic rings. The summed E-state index contributed by atoms with van der Waals surface area (Å²) in [6, 6.07) is 0. The third kappa shape index (κ3) is 4.36. The predicted octanol–water partition coefficient (Wildman–Crippen LogP) is -1.44. The highest BCUT2D eigenvalue weighted by atomic mass is 16.5. The molecule has 3 N–H and O–H groups in total. The van der Waals surface area contributed by atoms with Gasteiger partial charge in [0, 0.05) is 0 Å². The maximum atomic E-state index is 10.9. The Balaban J connectivity index is 4.67. The Morgan fingerprint density at radius 1 is 1.25 bits per heavy atom. The molecule has 88 valence electrons. The Morgan fingerprint density at radius 3 is 2.19 bits per heavy atom. The van der Waals surface area contributed by atoms with Crippen molar-refractivity contribution in [3.8, 4) is 0 Å². The SMILES string of the molecule is O=C=COC(=O)CC(O)(CC(=O)O)C(=O)O. The van der Waals surface area contributed by atoms with Gasteiger partial charge in [0.25, 0.3) is 0 Å². The number of hydrogen-bond donors (Lipinski definition) is 3. The zero-order valence-corrected chi connectivity index (χ0v) is 7.87. The molecule has 0 aliphatic carbocycles. The molecule has 0 aromatic carbocycles. The Bertz CT molecular complexity index is 353. The Labute approximate surface area is 88.7 Å². The van der Waals surface area contributed by atoms with Gasteiger partial charge in [-0.25, -0.2) is 9.59 Å². The van der Waals surface area contributed by atoms with E-state index in [-0.39, 0.29) is 0 Å². The van der Waals surface area contributed by atoms with E-state index in [0.29, 0.717) is 6.26 Å². The number of carbonyl (C=O) groups is 3. The smallest absolute Gasteiger partial charge is 0.336 e. The average molecular weight is 232 g/mol. The van der Waals surface area contributed by atoms with Crippen molar-refractivity contribution in [2.75, 3.05) is 0 Å². The van der Waals surface area contributed by atoms with Crippen LogP contribution in [0.25, 0.3) is 0 Å². The summed E-state index contributed by atoms with van der Waals surface area (Å²) in [5.41, 5.74) is -2.76. The quantitative estimate of drug-likeness (QED) is 0.287. The van der Waals surface area contributed by atoms with Gasteiger partial charge in [-0.3, -0.25) is 9.59 Å². The molecule has 0 fully saturated rings. The maximum absolute atomic E-state index is 10.9. The Hall–Kier alpha value is -2.18. The Morgan fingerprint density at radius 2 is 1.81 bits per heavy atom. The summed E-state index contributed by atoms with van der Waals surface area (Å²) in [4.78, 5) is 41.3. The van der Waals surface area contributed by atoms with Crippen LogP contribution in [0.3, 0.4) is 0 Å². The maximum Gasteiger partial charge on any atom is 0.336 e. The van der Waals surface area contributed by atoms with E-state index in [0.717, 1.165) is 5.94 Å². The lowest BCUT2D eigenvalue weighted by Crippen LogP contribution is -2.42.